The lowest BCUT2D eigenvalue weighted by molar-refractivity contribution is -0.119. The smallest absolute Gasteiger partial charge is 0.251 e. The predicted octanol–water partition coefficient (Wildman–Crippen LogP) is 1.83. The molecule has 0 saturated heterocycles. The normalized spacial score (nSPS) is 11.6. The van der Waals surface area contributed by atoms with E-state index in [2.05, 4.69) is 10.3 Å². The van der Waals surface area contributed by atoms with E-state index in [4.69, 9.17) is 10.5 Å². The van der Waals surface area contributed by atoms with Crippen molar-refractivity contribution in [2.75, 3.05) is 0 Å². The zero-order valence-electron chi connectivity index (χ0n) is 15.5. The maximum absolute atomic E-state index is 12.5. The number of ether oxygens (including phenoxy) is 1. The summed E-state index contributed by atoms with van der Waals surface area (Å²) in [6.07, 6.45) is 3.89. The number of carbonyl (C=O) groups is 2. The van der Waals surface area contributed by atoms with Crippen LogP contribution < -0.4 is 15.8 Å². The first-order valence-electron chi connectivity index (χ1n) is 8.86. The van der Waals surface area contributed by atoms with Gasteiger partial charge >= 0.3 is 0 Å². The molecule has 7 heteroatoms. The second kappa shape index (κ2) is 8.85. The Morgan fingerprint density at radius 1 is 1.14 bits per heavy atom. The zero-order chi connectivity index (χ0) is 19.9. The third-order valence-corrected chi connectivity index (χ3v) is 4.34. The van der Waals surface area contributed by atoms with Gasteiger partial charge < -0.3 is 20.4 Å². The van der Waals surface area contributed by atoms with Gasteiger partial charge in [-0.15, -0.1) is 0 Å². The Hall–Kier alpha value is -3.61. The van der Waals surface area contributed by atoms with Crippen molar-refractivity contribution < 1.29 is 14.3 Å². The molecule has 0 fully saturated rings. The third kappa shape index (κ3) is 4.97. The highest BCUT2D eigenvalue weighted by atomic mass is 16.5. The standard InChI is InChI=1S/C21H22N4O3/c1-25-12-11-23-19(25)14-28-17-9-7-16(8-10-17)21(27)24-18(20(22)26)13-15-5-3-2-4-6-15/h2-12,18H,13-14H2,1H3,(H2,22,26)(H,24,27). The summed E-state index contributed by atoms with van der Waals surface area (Å²) in [5.41, 5.74) is 6.79. The highest BCUT2D eigenvalue weighted by molar-refractivity contribution is 5.97. The number of amides is 2. The van der Waals surface area contributed by atoms with Crippen LogP contribution in [0.1, 0.15) is 21.7 Å². The van der Waals surface area contributed by atoms with Crippen LogP contribution in [-0.4, -0.2) is 27.4 Å². The van der Waals surface area contributed by atoms with Crippen molar-refractivity contribution in [3.8, 4) is 5.75 Å². The summed E-state index contributed by atoms with van der Waals surface area (Å²) < 4.78 is 7.55. The van der Waals surface area contributed by atoms with E-state index < -0.39 is 11.9 Å². The fourth-order valence-corrected chi connectivity index (χ4v) is 2.70. The number of carbonyl (C=O) groups excluding carboxylic acids is 2. The van der Waals surface area contributed by atoms with Gasteiger partial charge in [0, 0.05) is 31.4 Å². The molecule has 0 aliphatic carbocycles. The van der Waals surface area contributed by atoms with Crippen molar-refractivity contribution in [2.24, 2.45) is 12.8 Å². The monoisotopic (exact) mass is 378 g/mol. The number of nitrogens with zero attached hydrogens (tertiary/aromatic N) is 2. The van der Waals surface area contributed by atoms with Gasteiger partial charge in [-0.1, -0.05) is 30.3 Å². The van der Waals surface area contributed by atoms with E-state index in [9.17, 15) is 9.59 Å². The fourth-order valence-electron chi connectivity index (χ4n) is 2.70. The molecule has 0 bridgehead atoms. The van der Waals surface area contributed by atoms with Crippen molar-refractivity contribution in [3.05, 3.63) is 83.9 Å². The van der Waals surface area contributed by atoms with Crippen molar-refractivity contribution in [2.45, 2.75) is 19.1 Å². The molecular weight excluding hydrogens is 356 g/mol. The van der Waals surface area contributed by atoms with E-state index in [0.29, 0.717) is 24.3 Å². The second-order valence-corrected chi connectivity index (χ2v) is 6.39. The molecule has 144 valence electrons. The summed E-state index contributed by atoms with van der Waals surface area (Å²) in [5.74, 6) is 0.477. The minimum atomic E-state index is -0.783. The number of rotatable bonds is 8. The topological polar surface area (TPSA) is 99.2 Å². The van der Waals surface area contributed by atoms with Crippen molar-refractivity contribution >= 4 is 11.8 Å². The first kappa shape index (κ1) is 19.2. The van der Waals surface area contributed by atoms with Gasteiger partial charge in [-0.25, -0.2) is 4.98 Å². The number of nitrogens with one attached hydrogen (secondary N) is 1. The molecule has 2 amide bonds. The fraction of sp³-hybridized carbons (Fsp3) is 0.190. The minimum absolute atomic E-state index is 0.329. The molecule has 3 rings (SSSR count). The van der Waals surface area contributed by atoms with Crippen LogP contribution in [0.25, 0.3) is 0 Å². The molecule has 3 aromatic rings. The largest absolute Gasteiger partial charge is 0.486 e. The number of aryl methyl sites for hydroxylation is 1. The number of nitrogens with two attached hydrogens (primary N) is 1. The molecule has 2 aromatic carbocycles. The summed E-state index contributed by atoms with van der Waals surface area (Å²) in [7, 11) is 1.89. The molecule has 1 aromatic heterocycles. The van der Waals surface area contributed by atoms with Crippen LogP contribution in [-0.2, 0) is 24.9 Å². The average molecular weight is 378 g/mol. The molecule has 0 radical (unpaired) electrons. The Bertz CT molecular complexity index is 936. The lowest BCUT2D eigenvalue weighted by Crippen LogP contribution is -2.45. The van der Waals surface area contributed by atoms with Gasteiger partial charge in [0.2, 0.25) is 5.91 Å². The van der Waals surface area contributed by atoms with E-state index in [-0.39, 0.29) is 5.91 Å². The van der Waals surface area contributed by atoms with E-state index in [1.54, 1.807) is 30.5 Å². The van der Waals surface area contributed by atoms with E-state index in [1.807, 2.05) is 48.1 Å². The van der Waals surface area contributed by atoms with Gasteiger partial charge in [0.05, 0.1) is 0 Å². The first-order valence-corrected chi connectivity index (χ1v) is 8.86. The van der Waals surface area contributed by atoms with Crippen LogP contribution in [0, 0.1) is 0 Å². The highest BCUT2D eigenvalue weighted by Gasteiger charge is 2.19. The predicted molar refractivity (Wildman–Crippen MR) is 105 cm³/mol. The van der Waals surface area contributed by atoms with Crippen LogP contribution in [0.5, 0.6) is 5.75 Å². The summed E-state index contributed by atoms with van der Waals surface area (Å²) >= 11 is 0. The molecule has 0 aliphatic rings. The lowest BCUT2D eigenvalue weighted by atomic mass is 10.0. The molecule has 0 spiro atoms. The molecule has 0 aliphatic heterocycles. The molecule has 3 N–H and O–H groups in total. The second-order valence-electron chi connectivity index (χ2n) is 6.39. The Morgan fingerprint density at radius 3 is 2.46 bits per heavy atom. The van der Waals surface area contributed by atoms with Gasteiger partial charge in [0.1, 0.15) is 24.2 Å². The Balaban J connectivity index is 1.59. The molecular formula is C21H22N4O3. The van der Waals surface area contributed by atoms with Crippen LogP contribution >= 0.6 is 0 Å². The Kier molecular flexibility index (Phi) is 6.06. The van der Waals surface area contributed by atoms with Crippen LogP contribution in [0.3, 0.4) is 0 Å². The van der Waals surface area contributed by atoms with Gasteiger partial charge in [-0.3, -0.25) is 9.59 Å². The number of benzene rings is 2. The number of hydrogen-bond donors (Lipinski definition) is 2. The maximum atomic E-state index is 12.5. The maximum Gasteiger partial charge on any atom is 0.251 e. The van der Waals surface area contributed by atoms with E-state index in [0.717, 1.165) is 11.4 Å². The number of hydrogen-bond acceptors (Lipinski definition) is 4. The highest BCUT2D eigenvalue weighted by Crippen LogP contribution is 2.14. The zero-order valence-corrected chi connectivity index (χ0v) is 15.5. The quantitative estimate of drug-likeness (QED) is 0.625. The van der Waals surface area contributed by atoms with Crippen molar-refractivity contribution in [3.63, 3.8) is 0 Å². The molecule has 1 heterocycles. The van der Waals surface area contributed by atoms with Crippen LogP contribution in [0.15, 0.2) is 67.0 Å². The average Bonchev–Trinajstić information content (AvgIpc) is 3.11. The molecule has 0 saturated carbocycles. The number of primary amides is 1. The summed E-state index contributed by atoms with van der Waals surface area (Å²) in [5, 5.41) is 2.69. The van der Waals surface area contributed by atoms with Crippen molar-refractivity contribution in [1.82, 2.24) is 14.9 Å². The van der Waals surface area contributed by atoms with Gasteiger partial charge in [-0.2, -0.15) is 0 Å². The molecule has 1 atom stereocenters. The van der Waals surface area contributed by atoms with Crippen LogP contribution in [0.2, 0.25) is 0 Å². The minimum Gasteiger partial charge on any atom is -0.486 e. The van der Waals surface area contributed by atoms with Crippen LogP contribution in [0.4, 0.5) is 0 Å². The van der Waals surface area contributed by atoms with Gasteiger partial charge in [0.15, 0.2) is 0 Å². The first-order chi connectivity index (χ1) is 13.5. The summed E-state index contributed by atoms with van der Waals surface area (Å²) in [4.78, 5) is 28.4. The van der Waals surface area contributed by atoms with Crippen molar-refractivity contribution in [1.29, 1.82) is 0 Å². The van der Waals surface area contributed by atoms with Gasteiger partial charge in [0.25, 0.3) is 5.91 Å². The van der Waals surface area contributed by atoms with E-state index in [1.165, 1.54) is 0 Å². The summed E-state index contributed by atoms with van der Waals surface area (Å²) in [6, 6.07) is 15.3. The number of imidazole rings is 1. The molecule has 28 heavy (non-hydrogen) atoms. The lowest BCUT2D eigenvalue weighted by Gasteiger charge is -2.16. The molecule has 7 nitrogen and oxygen atoms in total. The van der Waals surface area contributed by atoms with Gasteiger partial charge in [-0.05, 0) is 29.8 Å². The molecule has 1 unspecified atom stereocenters. The Labute approximate surface area is 163 Å². The Morgan fingerprint density at radius 2 is 1.86 bits per heavy atom. The SMILES string of the molecule is Cn1ccnc1COc1ccc(C(=O)NC(Cc2ccccc2)C(N)=O)cc1. The summed E-state index contributed by atoms with van der Waals surface area (Å²) in [6.45, 7) is 0.329. The van der Waals surface area contributed by atoms with E-state index >= 15 is 0 Å². The number of aromatic nitrogens is 2. The third-order valence-electron chi connectivity index (χ3n) is 4.34.